The number of nitrogens with two attached hydrogens (primary N) is 1. The molecule has 2 aromatic carbocycles. The number of rotatable bonds is 7. The van der Waals surface area contributed by atoms with Crippen molar-refractivity contribution in [3.8, 4) is 11.5 Å². The van der Waals surface area contributed by atoms with E-state index in [4.69, 9.17) is 20.3 Å². The predicted molar refractivity (Wildman–Crippen MR) is 220 cm³/mol. The van der Waals surface area contributed by atoms with Crippen molar-refractivity contribution in [1.82, 2.24) is 35.7 Å². The second kappa shape index (κ2) is 17.6. The molecule has 4 aromatic heterocycles. The monoisotopic (exact) mass is 830 g/mol. The Morgan fingerprint density at radius 2 is 1.17 bits per heavy atom. The molecule has 2 aliphatic carbocycles. The molecule has 0 spiro atoms. The maximum absolute atomic E-state index is 12.7. The largest absolute Gasteiger partial charge is 0.490 e. The number of aromatic amines is 2. The Kier molecular flexibility index (Phi) is 12.2. The van der Waals surface area contributed by atoms with Gasteiger partial charge in [0.1, 0.15) is 36.4 Å². The number of ether oxygens (including phenoxy) is 2. The molecule has 2 saturated carbocycles. The van der Waals surface area contributed by atoms with E-state index in [1.54, 1.807) is 48.8 Å². The summed E-state index contributed by atoms with van der Waals surface area (Å²) < 4.78 is 11.0. The second-order valence-electron chi connectivity index (χ2n) is 15.0. The number of fused-ring (bicyclic) bond motifs is 2. The number of halogens is 1. The van der Waals surface area contributed by atoms with E-state index in [-0.39, 0.29) is 72.2 Å². The molecule has 6 aromatic rings. The minimum atomic E-state index is -0.989. The Balaban J connectivity index is 0.000000149. The van der Waals surface area contributed by atoms with Crippen molar-refractivity contribution in [2.24, 2.45) is 5.73 Å². The van der Waals surface area contributed by atoms with Crippen LogP contribution in [0.1, 0.15) is 80.6 Å². The minimum Gasteiger partial charge on any atom is -0.490 e. The van der Waals surface area contributed by atoms with E-state index in [0.717, 1.165) is 37.1 Å². The third-order valence-corrected chi connectivity index (χ3v) is 11.1. The molecule has 1 amide bonds. The van der Waals surface area contributed by atoms with Crippen LogP contribution in [-0.4, -0.2) is 84.2 Å². The van der Waals surface area contributed by atoms with Crippen LogP contribution in [-0.2, 0) is 33.3 Å². The fraction of sp³-hybridized carbons (Fsp3) is 0.273. The van der Waals surface area contributed by atoms with Gasteiger partial charge in [-0.05, 0) is 73.2 Å². The van der Waals surface area contributed by atoms with Gasteiger partial charge in [0, 0.05) is 34.6 Å². The molecule has 2 aliphatic heterocycles. The smallest absolute Gasteiger partial charge is 0.356 e. The maximum Gasteiger partial charge on any atom is 0.356 e. The van der Waals surface area contributed by atoms with Crippen LogP contribution in [0.5, 0.6) is 11.5 Å². The van der Waals surface area contributed by atoms with Gasteiger partial charge in [-0.2, -0.15) is 10.2 Å². The van der Waals surface area contributed by atoms with Crippen molar-refractivity contribution in [3.05, 3.63) is 155 Å². The Morgan fingerprint density at radius 1 is 0.683 bits per heavy atom. The summed E-state index contributed by atoms with van der Waals surface area (Å²) in [6, 6.07) is 29.7. The number of Topliss-reactive ketones (excluding diaryl/α,β-unsaturated/α-hetero) is 2. The van der Waals surface area contributed by atoms with Gasteiger partial charge in [-0.25, -0.2) is 4.79 Å². The summed E-state index contributed by atoms with van der Waals surface area (Å²) in [7, 11) is 0. The first kappa shape index (κ1) is 41.4. The first-order valence-corrected chi connectivity index (χ1v) is 19.4. The van der Waals surface area contributed by atoms with Crippen LogP contribution in [0.15, 0.2) is 109 Å². The molecule has 60 heavy (non-hydrogen) atoms. The molecule has 0 radical (unpaired) electrons. The van der Waals surface area contributed by atoms with Gasteiger partial charge < -0.3 is 25.6 Å². The molecule has 0 unspecified atom stereocenters. The summed E-state index contributed by atoms with van der Waals surface area (Å²) in [5, 5.41) is 25.5. The molecule has 6 heterocycles. The number of amides is 1. The number of aromatic carboxylic acids is 1. The van der Waals surface area contributed by atoms with Gasteiger partial charge in [0.25, 0.3) is 5.91 Å². The zero-order chi connectivity index (χ0) is 41.0. The van der Waals surface area contributed by atoms with Gasteiger partial charge in [-0.1, -0.05) is 60.7 Å². The minimum absolute atomic E-state index is 0. The number of carbonyl (C=O) groups is 4. The number of hydrogen-bond donors (Lipinski definition) is 5. The third kappa shape index (κ3) is 8.82. The molecule has 0 saturated heterocycles. The average molecular weight is 831 g/mol. The molecule has 6 N–H and O–H groups in total. The molecule has 15 nitrogen and oxygen atoms in total. The van der Waals surface area contributed by atoms with Gasteiger partial charge in [-0.3, -0.25) is 34.5 Å². The van der Waals surface area contributed by atoms with Gasteiger partial charge in [0.05, 0.1) is 30.3 Å². The van der Waals surface area contributed by atoms with Crippen molar-refractivity contribution < 1.29 is 33.8 Å². The number of hydrogen-bond acceptors (Lipinski definition) is 11. The summed E-state index contributed by atoms with van der Waals surface area (Å²) >= 11 is 0. The van der Waals surface area contributed by atoms with Crippen molar-refractivity contribution >= 4 is 35.9 Å². The lowest BCUT2D eigenvalue weighted by atomic mass is 9.92. The summed E-state index contributed by atoms with van der Waals surface area (Å²) in [5.74, 6) is -0.275. The topological polar surface area (TPSA) is 228 Å². The lowest BCUT2D eigenvalue weighted by molar-refractivity contribution is -0.121. The van der Waals surface area contributed by atoms with Crippen LogP contribution in [0.25, 0.3) is 0 Å². The first-order valence-electron chi connectivity index (χ1n) is 19.4. The van der Waals surface area contributed by atoms with Crippen LogP contribution >= 0.6 is 12.4 Å². The number of aromatic nitrogens is 6. The highest BCUT2D eigenvalue weighted by Gasteiger charge is 2.48. The summed E-state index contributed by atoms with van der Waals surface area (Å²) in [6.45, 7) is 0.325. The van der Waals surface area contributed by atoms with Gasteiger partial charge in [0.2, 0.25) is 0 Å². The second-order valence-corrected chi connectivity index (χ2v) is 15.0. The van der Waals surface area contributed by atoms with E-state index in [0.29, 0.717) is 22.9 Å². The Bertz CT molecular complexity index is 2480. The first-order chi connectivity index (χ1) is 28.6. The lowest BCUT2D eigenvalue weighted by Gasteiger charge is -2.14. The van der Waals surface area contributed by atoms with E-state index in [1.807, 2.05) is 36.4 Å². The molecule has 4 aliphatic rings. The number of nitrogens with one attached hydrogen (secondary N) is 3. The fourth-order valence-electron chi connectivity index (χ4n) is 7.40. The summed E-state index contributed by atoms with van der Waals surface area (Å²) in [4.78, 5) is 55.7. The maximum atomic E-state index is 12.7. The van der Waals surface area contributed by atoms with Gasteiger partial charge >= 0.3 is 5.97 Å². The summed E-state index contributed by atoms with van der Waals surface area (Å²) in [6.07, 6.45) is 7.78. The van der Waals surface area contributed by atoms with E-state index in [2.05, 4.69) is 59.9 Å². The fourth-order valence-corrected chi connectivity index (χ4v) is 7.40. The zero-order valence-corrected chi connectivity index (χ0v) is 33.2. The Hall–Kier alpha value is -6.71. The highest BCUT2D eigenvalue weighted by Crippen LogP contribution is 2.53. The van der Waals surface area contributed by atoms with Crippen LogP contribution in [0.3, 0.4) is 0 Å². The molecule has 0 bridgehead atoms. The Morgan fingerprint density at radius 3 is 1.67 bits per heavy atom. The van der Waals surface area contributed by atoms with Crippen LogP contribution < -0.4 is 20.5 Å². The number of carboxylic acid groups (broad SMARTS) is 1. The third-order valence-electron chi connectivity index (χ3n) is 11.1. The number of carboxylic acids is 1. The quantitative estimate of drug-likeness (QED) is 0.147. The molecular weight excluding hydrogens is 788 g/mol. The number of pyridine rings is 2. The highest BCUT2D eigenvalue weighted by molar-refractivity contribution is 5.97. The standard InChI is InChI=1S/C22H20N4O3.C13H12N2O2.C9H10N2O2.ClH/c27-18-11-15-19(7-4-10-23-15)29-13-17(18)24-21(28)16-12-20(26-25-16)22(8-9-22)14-5-2-1-3-6-14;16-12(17)10-8-11(15-14-10)13(6-7-13)9-4-2-1-3-5-9;10-6-5-13-9-2-1-3-11-7(9)4-8(6)12;/h1-7,10,12,17H,8-9,11,13H2,(H,24,28)(H,25,26);1-5,8H,6-7H2,(H,14,15)(H,16,17);1-3,6H,4-5,10H2;1H/t17-;;6-;/m0.0./s1. The SMILES string of the molecule is Cl.N[C@H]1COc2cccnc2CC1=O.O=C(N[C@H]1COc2cccnc2CC1=O)c1cc(C2(c3ccccc3)CC2)[nH]n1.O=C(O)c1cc(C2(c3ccccc3)CC2)[nH]n1. The van der Waals surface area contributed by atoms with Crippen molar-refractivity contribution in [2.75, 3.05) is 13.2 Å². The van der Waals surface area contributed by atoms with Crippen LogP contribution in [0, 0.1) is 0 Å². The van der Waals surface area contributed by atoms with E-state index >= 15 is 0 Å². The highest BCUT2D eigenvalue weighted by atomic mass is 35.5. The van der Waals surface area contributed by atoms with Gasteiger partial charge in [0.15, 0.2) is 17.3 Å². The average Bonchev–Trinajstić information content (AvgIpc) is 4.16. The molecular formula is C44H43ClN8O7. The number of H-pyrrole nitrogens is 2. The molecule has 2 fully saturated rings. The molecule has 16 heteroatoms. The Labute approximate surface area is 350 Å². The van der Waals surface area contributed by atoms with E-state index in [1.165, 1.54) is 11.1 Å². The predicted octanol–water partition coefficient (Wildman–Crippen LogP) is 4.71. The number of benzene rings is 2. The number of nitrogens with zero attached hydrogens (tertiary/aromatic N) is 4. The van der Waals surface area contributed by atoms with Gasteiger partial charge in [-0.15, -0.1) is 12.4 Å². The molecule has 308 valence electrons. The van der Waals surface area contributed by atoms with E-state index in [9.17, 15) is 19.2 Å². The lowest BCUT2D eigenvalue weighted by Crippen LogP contribution is -2.44. The normalized spacial score (nSPS) is 18.9. The number of ketones is 2. The summed E-state index contributed by atoms with van der Waals surface area (Å²) in [5.41, 5.74) is 11.3. The molecule has 2 atom stereocenters. The van der Waals surface area contributed by atoms with Crippen molar-refractivity contribution in [2.45, 2.75) is 61.4 Å². The van der Waals surface area contributed by atoms with Crippen molar-refractivity contribution in [1.29, 1.82) is 0 Å². The zero-order valence-electron chi connectivity index (χ0n) is 32.4. The van der Waals surface area contributed by atoms with E-state index < -0.39 is 24.0 Å². The molecule has 10 rings (SSSR count). The van der Waals surface area contributed by atoms with Crippen molar-refractivity contribution in [3.63, 3.8) is 0 Å². The van der Waals surface area contributed by atoms with Crippen LogP contribution in [0.2, 0.25) is 0 Å². The van der Waals surface area contributed by atoms with Crippen LogP contribution in [0.4, 0.5) is 0 Å². The number of carbonyl (C=O) groups excluding carboxylic acids is 3.